The van der Waals surface area contributed by atoms with Crippen LogP contribution < -0.4 is 5.32 Å². The van der Waals surface area contributed by atoms with Gasteiger partial charge in [-0.3, -0.25) is 9.59 Å². The van der Waals surface area contributed by atoms with E-state index in [4.69, 9.17) is 0 Å². The van der Waals surface area contributed by atoms with Gasteiger partial charge in [-0.05, 0) is 37.0 Å². The molecule has 5 heteroatoms. The van der Waals surface area contributed by atoms with E-state index in [1.54, 1.807) is 18.3 Å². The molecular formula is C17H18N2O3. The first-order valence-corrected chi connectivity index (χ1v) is 7.44. The Hall–Kier alpha value is -2.56. The van der Waals surface area contributed by atoms with Crippen LogP contribution in [0, 0.1) is 0 Å². The molecule has 2 aromatic rings. The Morgan fingerprint density at radius 2 is 2.00 bits per heavy atom. The Bertz CT molecular complexity index is 701. The Balaban J connectivity index is 1.62. The molecule has 3 rings (SSSR count). The van der Waals surface area contributed by atoms with E-state index in [0.717, 1.165) is 24.1 Å². The van der Waals surface area contributed by atoms with Crippen LogP contribution in [0.4, 0.5) is 0 Å². The summed E-state index contributed by atoms with van der Waals surface area (Å²) in [4.78, 5) is 27.3. The molecule has 0 radical (unpaired) electrons. The first kappa shape index (κ1) is 14.4. The SMILES string of the molecule is O=C(NCCc1ccc(O)cc1)c1c[nH]c2c1C(=O)CCC2. The molecule has 1 aliphatic rings. The number of rotatable bonds is 4. The van der Waals surface area contributed by atoms with Gasteiger partial charge in [0, 0.05) is 24.9 Å². The van der Waals surface area contributed by atoms with Gasteiger partial charge in [-0.1, -0.05) is 12.1 Å². The molecule has 1 aromatic carbocycles. The number of hydrogen-bond donors (Lipinski definition) is 3. The largest absolute Gasteiger partial charge is 0.508 e. The minimum Gasteiger partial charge on any atom is -0.508 e. The number of phenols is 1. The van der Waals surface area contributed by atoms with Crippen LogP contribution in [0.25, 0.3) is 0 Å². The van der Waals surface area contributed by atoms with Gasteiger partial charge < -0.3 is 15.4 Å². The van der Waals surface area contributed by atoms with Gasteiger partial charge in [-0.2, -0.15) is 0 Å². The van der Waals surface area contributed by atoms with E-state index >= 15 is 0 Å². The van der Waals surface area contributed by atoms with Crippen molar-refractivity contribution >= 4 is 11.7 Å². The standard InChI is InChI=1S/C17H18N2O3/c20-12-6-4-11(5-7-12)8-9-18-17(22)13-10-19-14-2-1-3-15(21)16(13)14/h4-7,10,19-20H,1-3,8-9H2,(H,18,22). The van der Waals surface area contributed by atoms with E-state index in [1.165, 1.54) is 0 Å². The zero-order valence-corrected chi connectivity index (χ0v) is 12.2. The number of fused-ring (bicyclic) bond motifs is 1. The fourth-order valence-corrected chi connectivity index (χ4v) is 2.79. The molecule has 0 bridgehead atoms. The molecule has 1 aromatic heterocycles. The number of nitrogens with one attached hydrogen (secondary N) is 2. The molecule has 0 aliphatic heterocycles. The smallest absolute Gasteiger partial charge is 0.253 e. The van der Waals surface area contributed by atoms with Crippen molar-refractivity contribution in [2.45, 2.75) is 25.7 Å². The maximum Gasteiger partial charge on any atom is 0.253 e. The quantitative estimate of drug-likeness (QED) is 0.809. The van der Waals surface area contributed by atoms with Crippen molar-refractivity contribution in [1.82, 2.24) is 10.3 Å². The summed E-state index contributed by atoms with van der Waals surface area (Å²) in [6, 6.07) is 6.89. The summed E-state index contributed by atoms with van der Waals surface area (Å²) in [5.41, 5.74) is 2.92. The van der Waals surface area contributed by atoms with Crippen molar-refractivity contribution in [3.05, 3.63) is 52.8 Å². The fourth-order valence-electron chi connectivity index (χ4n) is 2.79. The van der Waals surface area contributed by atoms with Crippen LogP contribution in [0.3, 0.4) is 0 Å². The lowest BCUT2D eigenvalue weighted by molar-refractivity contribution is 0.0928. The molecule has 0 fully saturated rings. The maximum absolute atomic E-state index is 12.2. The summed E-state index contributed by atoms with van der Waals surface area (Å²) >= 11 is 0. The van der Waals surface area contributed by atoms with Crippen LogP contribution in [0.1, 0.15) is 44.8 Å². The molecule has 1 aliphatic carbocycles. The van der Waals surface area contributed by atoms with Crippen LogP contribution in [-0.4, -0.2) is 28.3 Å². The van der Waals surface area contributed by atoms with Crippen molar-refractivity contribution in [1.29, 1.82) is 0 Å². The zero-order chi connectivity index (χ0) is 15.5. The van der Waals surface area contributed by atoms with Crippen LogP contribution in [0.15, 0.2) is 30.5 Å². The fraction of sp³-hybridized carbons (Fsp3) is 0.294. The number of phenolic OH excluding ortho intramolecular Hbond substituents is 1. The summed E-state index contributed by atoms with van der Waals surface area (Å²) in [6.07, 6.45) is 4.48. The Morgan fingerprint density at radius 1 is 1.23 bits per heavy atom. The summed E-state index contributed by atoms with van der Waals surface area (Å²) in [5.74, 6) is 0.0583. The summed E-state index contributed by atoms with van der Waals surface area (Å²) < 4.78 is 0. The molecular weight excluding hydrogens is 280 g/mol. The van der Waals surface area contributed by atoms with Crippen molar-refractivity contribution in [2.24, 2.45) is 0 Å². The number of carbonyl (C=O) groups is 2. The van der Waals surface area contributed by atoms with Gasteiger partial charge in [-0.15, -0.1) is 0 Å². The highest BCUT2D eigenvalue weighted by Crippen LogP contribution is 2.23. The average molecular weight is 298 g/mol. The Kier molecular flexibility index (Phi) is 3.96. The summed E-state index contributed by atoms with van der Waals surface area (Å²) in [5, 5.41) is 12.1. The Morgan fingerprint density at radius 3 is 2.77 bits per heavy atom. The second-order valence-corrected chi connectivity index (χ2v) is 5.50. The molecule has 0 saturated heterocycles. The van der Waals surface area contributed by atoms with E-state index in [9.17, 15) is 14.7 Å². The Labute approximate surface area is 128 Å². The molecule has 5 nitrogen and oxygen atoms in total. The third-order valence-electron chi connectivity index (χ3n) is 3.95. The predicted molar refractivity (Wildman–Crippen MR) is 82.2 cm³/mol. The highest BCUT2D eigenvalue weighted by Gasteiger charge is 2.25. The minimum absolute atomic E-state index is 0.0474. The maximum atomic E-state index is 12.2. The van der Waals surface area contributed by atoms with Gasteiger partial charge in [0.2, 0.25) is 0 Å². The molecule has 0 saturated carbocycles. The third kappa shape index (κ3) is 2.88. The normalized spacial score (nSPS) is 13.7. The number of Topliss-reactive ketones (excluding diaryl/α,β-unsaturated/α-hetero) is 1. The average Bonchev–Trinajstić information content (AvgIpc) is 2.95. The van der Waals surface area contributed by atoms with Gasteiger partial charge in [-0.25, -0.2) is 0 Å². The van der Waals surface area contributed by atoms with Crippen LogP contribution in [0.5, 0.6) is 5.75 Å². The van der Waals surface area contributed by atoms with Crippen LogP contribution >= 0.6 is 0 Å². The molecule has 1 amide bonds. The van der Waals surface area contributed by atoms with E-state index in [2.05, 4.69) is 10.3 Å². The van der Waals surface area contributed by atoms with E-state index in [1.807, 2.05) is 12.1 Å². The highest BCUT2D eigenvalue weighted by molar-refractivity contribution is 6.09. The van der Waals surface area contributed by atoms with Crippen molar-refractivity contribution in [3.63, 3.8) is 0 Å². The molecule has 22 heavy (non-hydrogen) atoms. The molecule has 0 unspecified atom stereocenters. The van der Waals surface area contributed by atoms with E-state index < -0.39 is 0 Å². The number of aromatic hydroxyl groups is 1. The lowest BCUT2D eigenvalue weighted by Gasteiger charge is -2.11. The second-order valence-electron chi connectivity index (χ2n) is 5.50. The van der Waals surface area contributed by atoms with Crippen LogP contribution in [0.2, 0.25) is 0 Å². The molecule has 1 heterocycles. The van der Waals surface area contributed by atoms with Gasteiger partial charge in [0.1, 0.15) is 5.75 Å². The van der Waals surface area contributed by atoms with Gasteiger partial charge in [0.25, 0.3) is 5.91 Å². The number of carbonyl (C=O) groups excluding carboxylic acids is 2. The molecule has 0 spiro atoms. The lowest BCUT2D eigenvalue weighted by atomic mass is 9.93. The number of amides is 1. The summed E-state index contributed by atoms with van der Waals surface area (Å²) in [7, 11) is 0. The number of hydrogen-bond acceptors (Lipinski definition) is 3. The predicted octanol–water partition coefficient (Wildman–Crippen LogP) is 2.21. The number of aromatic amines is 1. The minimum atomic E-state index is -0.216. The number of ketones is 1. The highest BCUT2D eigenvalue weighted by atomic mass is 16.3. The number of aryl methyl sites for hydroxylation is 1. The number of H-pyrrole nitrogens is 1. The third-order valence-corrected chi connectivity index (χ3v) is 3.95. The first-order valence-electron chi connectivity index (χ1n) is 7.44. The zero-order valence-electron chi connectivity index (χ0n) is 12.2. The van der Waals surface area contributed by atoms with E-state index in [-0.39, 0.29) is 17.4 Å². The molecule has 3 N–H and O–H groups in total. The molecule has 114 valence electrons. The van der Waals surface area contributed by atoms with Gasteiger partial charge in [0.05, 0.1) is 11.1 Å². The lowest BCUT2D eigenvalue weighted by Crippen LogP contribution is -2.27. The second kappa shape index (κ2) is 6.05. The van der Waals surface area contributed by atoms with Crippen LogP contribution in [-0.2, 0) is 12.8 Å². The van der Waals surface area contributed by atoms with E-state index in [0.29, 0.717) is 30.5 Å². The molecule has 0 atom stereocenters. The first-order chi connectivity index (χ1) is 10.6. The monoisotopic (exact) mass is 298 g/mol. The van der Waals surface area contributed by atoms with Gasteiger partial charge in [0.15, 0.2) is 5.78 Å². The van der Waals surface area contributed by atoms with Crippen molar-refractivity contribution in [2.75, 3.05) is 6.54 Å². The van der Waals surface area contributed by atoms with Crippen molar-refractivity contribution < 1.29 is 14.7 Å². The topological polar surface area (TPSA) is 82.2 Å². The summed E-state index contributed by atoms with van der Waals surface area (Å²) in [6.45, 7) is 0.484. The van der Waals surface area contributed by atoms with Gasteiger partial charge >= 0.3 is 0 Å². The number of aromatic nitrogens is 1. The number of benzene rings is 1. The van der Waals surface area contributed by atoms with Crippen molar-refractivity contribution in [3.8, 4) is 5.75 Å².